The molecule has 0 unspecified atom stereocenters. The van der Waals surface area contributed by atoms with Gasteiger partial charge in [-0.3, -0.25) is 14.4 Å². The summed E-state index contributed by atoms with van der Waals surface area (Å²) in [5.41, 5.74) is -0.718. The van der Waals surface area contributed by atoms with Crippen LogP contribution in [0.3, 0.4) is 0 Å². The first-order chi connectivity index (χ1) is 14.5. The van der Waals surface area contributed by atoms with Gasteiger partial charge in [-0.2, -0.15) is 13.2 Å². The molecule has 0 saturated carbocycles. The van der Waals surface area contributed by atoms with E-state index in [2.05, 4.69) is 5.32 Å². The van der Waals surface area contributed by atoms with E-state index in [0.717, 1.165) is 6.07 Å². The first-order valence-corrected chi connectivity index (χ1v) is 9.69. The smallest absolute Gasteiger partial charge is 0.417 e. The van der Waals surface area contributed by atoms with Gasteiger partial charge in [0, 0.05) is 29.4 Å². The van der Waals surface area contributed by atoms with Crippen molar-refractivity contribution in [2.45, 2.75) is 12.6 Å². The van der Waals surface area contributed by atoms with Crippen LogP contribution < -0.4 is 10.2 Å². The fraction of sp³-hybridized carbons (Fsp3) is 0.250. The summed E-state index contributed by atoms with van der Waals surface area (Å²) in [7, 11) is 0. The number of carbonyl (C=O) groups is 3. The summed E-state index contributed by atoms with van der Waals surface area (Å²) in [6.45, 7) is -0.656. The van der Waals surface area contributed by atoms with Gasteiger partial charge in [-0.25, -0.2) is 0 Å². The van der Waals surface area contributed by atoms with Crippen LogP contribution in [-0.4, -0.2) is 30.9 Å². The zero-order valence-electron chi connectivity index (χ0n) is 15.7. The second-order valence-electron chi connectivity index (χ2n) is 6.73. The molecule has 0 spiro atoms. The molecule has 0 aromatic heterocycles. The van der Waals surface area contributed by atoms with Gasteiger partial charge >= 0.3 is 12.1 Å². The van der Waals surface area contributed by atoms with Crippen molar-refractivity contribution in [3.8, 4) is 0 Å². The van der Waals surface area contributed by atoms with Crippen LogP contribution >= 0.6 is 23.2 Å². The van der Waals surface area contributed by atoms with Crippen molar-refractivity contribution in [1.29, 1.82) is 0 Å². The standard InChI is InChI=1S/C20H15Cl2F3N2O4/c21-12-2-1-3-14(7-12)27-9-11(6-18(27)29)19(30)31-10-17(28)26-13-4-5-16(22)15(8-13)20(23,24)25/h1-5,7-8,11H,6,9-10H2,(H,26,28)/t11-/m0/s1. The van der Waals surface area contributed by atoms with Crippen LogP contribution in [0.25, 0.3) is 0 Å². The van der Waals surface area contributed by atoms with Crippen molar-refractivity contribution in [2.24, 2.45) is 5.92 Å². The summed E-state index contributed by atoms with van der Waals surface area (Å²) in [6, 6.07) is 9.45. The monoisotopic (exact) mass is 474 g/mol. The molecular formula is C20H15Cl2F3N2O4. The van der Waals surface area contributed by atoms with Crippen LogP contribution in [-0.2, 0) is 25.3 Å². The fourth-order valence-corrected chi connectivity index (χ4v) is 3.44. The predicted molar refractivity (Wildman–Crippen MR) is 108 cm³/mol. The molecule has 1 saturated heterocycles. The second kappa shape index (κ2) is 9.15. The van der Waals surface area contributed by atoms with Gasteiger partial charge in [0.1, 0.15) is 0 Å². The number of hydrogen-bond acceptors (Lipinski definition) is 4. The molecule has 1 aliphatic heterocycles. The molecule has 2 amide bonds. The molecule has 2 aromatic rings. The van der Waals surface area contributed by atoms with Crippen LogP contribution in [0, 0.1) is 5.92 Å². The Morgan fingerprint density at radius 3 is 2.58 bits per heavy atom. The molecule has 1 N–H and O–H groups in total. The van der Waals surface area contributed by atoms with Crippen LogP contribution in [0.15, 0.2) is 42.5 Å². The SMILES string of the molecule is O=C(COC(=O)[C@H]1CC(=O)N(c2cccc(Cl)c2)C1)Nc1ccc(Cl)c(C(F)(F)F)c1. The number of ether oxygens (including phenoxy) is 1. The first-order valence-electron chi connectivity index (χ1n) is 8.94. The van der Waals surface area contributed by atoms with Gasteiger partial charge in [0.05, 0.1) is 16.5 Å². The van der Waals surface area contributed by atoms with E-state index < -0.39 is 41.2 Å². The minimum Gasteiger partial charge on any atom is -0.455 e. The van der Waals surface area contributed by atoms with E-state index in [4.69, 9.17) is 27.9 Å². The van der Waals surface area contributed by atoms with E-state index >= 15 is 0 Å². The van der Waals surface area contributed by atoms with Crippen molar-refractivity contribution in [1.82, 2.24) is 0 Å². The number of anilines is 2. The third-order valence-electron chi connectivity index (χ3n) is 4.48. The molecule has 0 aliphatic carbocycles. The molecule has 11 heteroatoms. The van der Waals surface area contributed by atoms with Crippen molar-refractivity contribution in [2.75, 3.05) is 23.4 Å². The highest BCUT2D eigenvalue weighted by atomic mass is 35.5. The molecule has 1 atom stereocenters. The summed E-state index contributed by atoms with van der Waals surface area (Å²) in [5, 5.41) is 2.14. The number of nitrogens with zero attached hydrogens (tertiary/aromatic N) is 1. The Labute approximate surface area is 184 Å². The normalized spacial score (nSPS) is 16.4. The van der Waals surface area contributed by atoms with E-state index in [9.17, 15) is 27.6 Å². The van der Waals surface area contributed by atoms with Gasteiger partial charge in [0.15, 0.2) is 6.61 Å². The Bertz CT molecular complexity index is 1030. The van der Waals surface area contributed by atoms with Crippen LogP contribution in [0.4, 0.5) is 24.5 Å². The quantitative estimate of drug-likeness (QED) is 0.645. The van der Waals surface area contributed by atoms with Gasteiger partial charge in [-0.05, 0) is 36.4 Å². The van der Waals surface area contributed by atoms with Gasteiger partial charge < -0.3 is 15.0 Å². The third kappa shape index (κ3) is 5.68. The van der Waals surface area contributed by atoms with Crippen molar-refractivity contribution in [3.05, 3.63) is 58.1 Å². The highest BCUT2D eigenvalue weighted by Crippen LogP contribution is 2.36. The van der Waals surface area contributed by atoms with Gasteiger partial charge in [0.25, 0.3) is 5.91 Å². The topological polar surface area (TPSA) is 75.7 Å². The second-order valence-corrected chi connectivity index (χ2v) is 7.58. The Morgan fingerprint density at radius 1 is 1.16 bits per heavy atom. The molecule has 1 aliphatic rings. The summed E-state index contributed by atoms with van der Waals surface area (Å²) in [4.78, 5) is 37.8. The maximum absolute atomic E-state index is 12.9. The molecule has 6 nitrogen and oxygen atoms in total. The minimum absolute atomic E-state index is 0.0613. The average Bonchev–Trinajstić information content (AvgIpc) is 3.08. The van der Waals surface area contributed by atoms with E-state index in [-0.39, 0.29) is 24.6 Å². The summed E-state index contributed by atoms with van der Waals surface area (Å²) in [6.07, 6.45) is -4.78. The molecule has 1 heterocycles. The lowest BCUT2D eigenvalue weighted by molar-refractivity contribution is -0.151. The number of carbonyl (C=O) groups excluding carboxylic acids is 3. The predicted octanol–water partition coefficient (Wildman–Crippen LogP) is 4.55. The number of hydrogen-bond donors (Lipinski definition) is 1. The number of nitrogens with one attached hydrogen (secondary N) is 1. The fourth-order valence-electron chi connectivity index (χ4n) is 3.03. The van der Waals surface area contributed by atoms with Crippen LogP contribution in [0.2, 0.25) is 10.0 Å². The Balaban J connectivity index is 1.55. The van der Waals surface area contributed by atoms with Crippen molar-refractivity contribution >= 4 is 52.4 Å². The van der Waals surface area contributed by atoms with E-state index in [1.165, 1.54) is 11.0 Å². The summed E-state index contributed by atoms with van der Waals surface area (Å²) < 4.78 is 43.6. The molecule has 164 valence electrons. The van der Waals surface area contributed by atoms with Crippen molar-refractivity contribution in [3.63, 3.8) is 0 Å². The van der Waals surface area contributed by atoms with E-state index in [1.807, 2.05) is 0 Å². The lowest BCUT2D eigenvalue weighted by atomic mass is 10.1. The third-order valence-corrected chi connectivity index (χ3v) is 5.04. The Kier molecular flexibility index (Phi) is 6.76. The highest BCUT2D eigenvalue weighted by molar-refractivity contribution is 6.31. The van der Waals surface area contributed by atoms with Crippen LogP contribution in [0.1, 0.15) is 12.0 Å². The molecule has 0 radical (unpaired) electrons. The van der Waals surface area contributed by atoms with Gasteiger partial charge in [-0.15, -0.1) is 0 Å². The number of halogens is 5. The van der Waals surface area contributed by atoms with Gasteiger partial charge in [-0.1, -0.05) is 29.3 Å². The van der Waals surface area contributed by atoms with E-state index in [0.29, 0.717) is 16.8 Å². The number of esters is 1. The number of rotatable bonds is 5. The first kappa shape index (κ1) is 22.9. The summed E-state index contributed by atoms with van der Waals surface area (Å²) in [5.74, 6) is -2.68. The zero-order valence-corrected chi connectivity index (χ0v) is 17.2. The number of alkyl halides is 3. The Hall–Kier alpha value is -2.78. The molecular weight excluding hydrogens is 460 g/mol. The number of amides is 2. The maximum atomic E-state index is 12.9. The van der Waals surface area contributed by atoms with E-state index in [1.54, 1.807) is 24.3 Å². The molecule has 31 heavy (non-hydrogen) atoms. The average molecular weight is 475 g/mol. The minimum atomic E-state index is -4.69. The molecule has 2 aromatic carbocycles. The largest absolute Gasteiger partial charge is 0.455 e. The number of benzene rings is 2. The van der Waals surface area contributed by atoms with Crippen LogP contribution in [0.5, 0.6) is 0 Å². The molecule has 1 fully saturated rings. The lowest BCUT2D eigenvalue weighted by Crippen LogP contribution is -2.28. The van der Waals surface area contributed by atoms with Crippen molar-refractivity contribution < 1.29 is 32.3 Å². The maximum Gasteiger partial charge on any atom is 0.417 e. The summed E-state index contributed by atoms with van der Waals surface area (Å²) >= 11 is 11.4. The zero-order chi connectivity index (χ0) is 22.8. The highest BCUT2D eigenvalue weighted by Gasteiger charge is 2.36. The lowest BCUT2D eigenvalue weighted by Gasteiger charge is -2.16. The molecule has 3 rings (SSSR count). The Morgan fingerprint density at radius 2 is 1.90 bits per heavy atom. The molecule has 0 bridgehead atoms. The van der Waals surface area contributed by atoms with Gasteiger partial charge in [0.2, 0.25) is 5.91 Å².